The lowest BCUT2D eigenvalue weighted by molar-refractivity contribution is 0.437. The standard InChI is InChI=1S/C20H18ClN3O/c1-13-3-8-18(9-14(13)2)25-20-19(23)10-17(11-22)24(20)12-15-4-6-16(21)7-5-15/h3-10H,12,23H2,1-2H3. The fourth-order valence-corrected chi connectivity index (χ4v) is 2.70. The molecular weight excluding hydrogens is 334 g/mol. The lowest BCUT2D eigenvalue weighted by Gasteiger charge is -2.13. The average molecular weight is 352 g/mol. The SMILES string of the molecule is Cc1ccc(Oc2c(N)cc(C#N)n2Cc2ccc(Cl)cc2)cc1C. The minimum atomic E-state index is 0.434. The first-order chi connectivity index (χ1) is 12.0. The first-order valence-corrected chi connectivity index (χ1v) is 8.24. The van der Waals surface area contributed by atoms with Gasteiger partial charge in [0, 0.05) is 11.1 Å². The van der Waals surface area contributed by atoms with Crippen molar-refractivity contribution in [1.82, 2.24) is 4.57 Å². The van der Waals surface area contributed by atoms with Gasteiger partial charge in [0.15, 0.2) is 0 Å². The Labute approximate surface area is 152 Å². The van der Waals surface area contributed by atoms with Crippen LogP contribution in [0.3, 0.4) is 0 Å². The number of anilines is 1. The summed E-state index contributed by atoms with van der Waals surface area (Å²) in [5.74, 6) is 1.16. The Morgan fingerprint density at radius 2 is 1.80 bits per heavy atom. The summed E-state index contributed by atoms with van der Waals surface area (Å²) in [6, 6.07) is 17.1. The van der Waals surface area contributed by atoms with Crippen LogP contribution < -0.4 is 10.5 Å². The van der Waals surface area contributed by atoms with E-state index in [1.807, 2.05) is 56.3 Å². The number of nitrogen functional groups attached to an aromatic ring is 1. The molecule has 1 heterocycles. The summed E-state index contributed by atoms with van der Waals surface area (Å²) in [7, 11) is 0. The Bertz CT molecular complexity index is 952. The van der Waals surface area contributed by atoms with E-state index < -0.39 is 0 Å². The van der Waals surface area contributed by atoms with Crippen LogP contribution in [0.4, 0.5) is 5.69 Å². The van der Waals surface area contributed by atoms with Gasteiger partial charge in [-0.1, -0.05) is 29.8 Å². The molecule has 0 radical (unpaired) electrons. The van der Waals surface area contributed by atoms with Crippen molar-refractivity contribution in [3.05, 3.63) is 75.9 Å². The normalized spacial score (nSPS) is 10.5. The van der Waals surface area contributed by atoms with E-state index in [-0.39, 0.29) is 0 Å². The summed E-state index contributed by atoms with van der Waals surface area (Å²) in [4.78, 5) is 0. The van der Waals surface area contributed by atoms with Crippen molar-refractivity contribution < 1.29 is 4.74 Å². The number of benzene rings is 2. The van der Waals surface area contributed by atoms with E-state index in [2.05, 4.69) is 6.07 Å². The van der Waals surface area contributed by atoms with Crippen LogP contribution in [0.2, 0.25) is 5.02 Å². The molecule has 0 bridgehead atoms. The molecule has 5 heteroatoms. The molecule has 3 rings (SSSR count). The zero-order valence-electron chi connectivity index (χ0n) is 14.1. The second kappa shape index (κ2) is 6.92. The number of aromatic nitrogens is 1. The van der Waals surface area contributed by atoms with Crippen LogP contribution >= 0.6 is 11.6 Å². The quantitative estimate of drug-likeness (QED) is 0.715. The van der Waals surface area contributed by atoms with Crippen molar-refractivity contribution in [2.45, 2.75) is 20.4 Å². The van der Waals surface area contributed by atoms with Gasteiger partial charge in [0.1, 0.15) is 17.5 Å². The molecule has 0 amide bonds. The van der Waals surface area contributed by atoms with E-state index in [0.717, 1.165) is 11.1 Å². The maximum Gasteiger partial charge on any atom is 0.224 e. The molecule has 2 N–H and O–H groups in total. The monoisotopic (exact) mass is 351 g/mol. The van der Waals surface area contributed by atoms with Crippen LogP contribution in [0.1, 0.15) is 22.4 Å². The lowest BCUT2D eigenvalue weighted by atomic mass is 10.1. The van der Waals surface area contributed by atoms with Gasteiger partial charge < -0.3 is 10.5 Å². The van der Waals surface area contributed by atoms with Crippen molar-refractivity contribution in [3.63, 3.8) is 0 Å². The molecule has 1 aromatic heterocycles. The third-order valence-corrected chi connectivity index (χ3v) is 4.39. The highest BCUT2D eigenvalue weighted by atomic mass is 35.5. The second-order valence-electron chi connectivity index (χ2n) is 5.96. The van der Waals surface area contributed by atoms with Crippen molar-refractivity contribution in [2.75, 3.05) is 5.73 Å². The molecule has 126 valence electrons. The molecule has 25 heavy (non-hydrogen) atoms. The molecule has 4 nitrogen and oxygen atoms in total. The molecule has 0 fully saturated rings. The van der Waals surface area contributed by atoms with Gasteiger partial charge in [-0.05, 0) is 54.8 Å². The zero-order chi connectivity index (χ0) is 18.0. The number of hydrogen-bond donors (Lipinski definition) is 1. The van der Waals surface area contributed by atoms with Crippen LogP contribution in [0.15, 0.2) is 48.5 Å². The summed E-state index contributed by atoms with van der Waals surface area (Å²) in [5, 5.41) is 10.1. The number of nitrogens with zero attached hydrogens (tertiary/aromatic N) is 2. The molecule has 3 aromatic rings. The number of ether oxygens (including phenoxy) is 1. The molecule has 0 aliphatic carbocycles. The number of aryl methyl sites for hydroxylation is 2. The molecule has 0 saturated carbocycles. The third-order valence-electron chi connectivity index (χ3n) is 4.14. The Balaban J connectivity index is 1.98. The van der Waals surface area contributed by atoms with E-state index in [1.165, 1.54) is 5.56 Å². The predicted molar refractivity (Wildman–Crippen MR) is 100 cm³/mol. The third kappa shape index (κ3) is 3.62. The highest BCUT2D eigenvalue weighted by Crippen LogP contribution is 2.32. The molecule has 0 aliphatic heterocycles. The highest BCUT2D eigenvalue weighted by molar-refractivity contribution is 6.30. The molecule has 0 atom stereocenters. The van der Waals surface area contributed by atoms with E-state index in [4.69, 9.17) is 22.1 Å². The molecule has 0 unspecified atom stereocenters. The topological polar surface area (TPSA) is 64.0 Å². The highest BCUT2D eigenvalue weighted by Gasteiger charge is 2.16. The van der Waals surface area contributed by atoms with Crippen molar-refractivity contribution >= 4 is 17.3 Å². The van der Waals surface area contributed by atoms with Crippen LogP contribution in [0.25, 0.3) is 0 Å². The Hall–Kier alpha value is -2.90. The van der Waals surface area contributed by atoms with Crippen molar-refractivity contribution in [2.24, 2.45) is 0 Å². The van der Waals surface area contributed by atoms with Gasteiger partial charge in [-0.3, -0.25) is 4.57 Å². The van der Waals surface area contributed by atoms with Crippen LogP contribution in [0, 0.1) is 25.2 Å². The average Bonchev–Trinajstić information content (AvgIpc) is 2.89. The molecular formula is C20H18ClN3O. The van der Waals surface area contributed by atoms with Gasteiger partial charge in [-0.25, -0.2) is 0 Å². The van der Waals surface area contributed by atoms with Gasteiger partial charge >= 0.3 is 0 Å². The summed E-state index contributed by atoms with van der Waals surface area (Å²) >= 11 is 5.94. The van der Waals surface area contributed by atoms with Gasteiger partial charge in [-0.2, -0.15) is 5.26 Å². The summed E-state index contributed by atoms with van der Waals surface area (Å²) < 4.78 is 7.79. The second-order valence-corrected chi connectivity index (χ2v) is 6.40. The van der Waals surface area contributed by atoms with Gasteiger partial charge in [0.05, 0.1) is 12.2 Å². The van der Waals surface area contributed by atoms with E-state index in [0.29, 0.717) is 34.6 Å². The van der Waals surface area contributed by atoms with E-state index >= 15 is 0 Å². The summed E-state index contributed by atoms with van der Waals surface area (Å²) in [6.07, 6.45) is 0. The van der Waals surface area contributed by atoms with Crippen LogP contribution in [0.5, 0.6) is 11.6 Å². The Morgan fingerprint density at radius 3 is 2.44 bits per heavy atom. The zero-order valence-corrected chi connectivity index (χ0v) is 14.8. The molecule has 0 saturated heterocycles. The Morgan fingerprint density at radius 1 is 1.08 bits per heavy atom. The number of hydrogen-bond acceptors (Lipinski definition) is 3. The number of nitriles is 1. The predicted octanol–water partition coefficient (Wildman–Crippen LogP) is 5.05. The van der Waals surface area contributed by atoms with Crippen molar-refractivity contribution in [1.29, 1.82) is 5.26 Å². The first-order valence-electron chi connectivity index (χ1n) is 7.86. The smallest absolute Gasteiger partial charge is 0.224 e. The number of rotatable bonds is 4. The maximum atomic E-state index is 9.42. The van der Waals surface area contributed by atoms with Crippen LogP contribution in [-0.2, 0) is 6.54 Å². The number of nitrogens with two attached hydrogens (primary N) is 1. The molecule has 2 aromatic carbocycles. The summed E-state index contributed by atoms with van der Waals surface area (Å²) in [6.45, 7) is 4.54. The van der Waals surface area contributed by atoms with Crippen molar-refractivity contribution in [3.8, 4) is 17.7 Å². The van der Waals surface area contributed by atoms with E-state index in [1.54, 1.807) is 10.6 Å². The lowest BCUT2D eigenvalue weighted by Crippen LogP contribution is -2.05. The maximum absolute atomic E-state index is 9.42. The molecule has 0 spiro atoms. The van der Waals surface area contributed by atoms with Gasteiger partial charge in [0.2, 0.25) is 5.88 Å². The minimum Gasteiger partial charge on any atom is -0.439 e. The largest absolute Gasteiger partial charge is 0.439 e. The van der Waals surface area contributed by atoms with Gasteiger partial charge in [-0.15, -0.1) is 0 Å². The fraction of sp³-hybridized carbons (Fsp3) is 0.150. The Kier molecular flexibility index (Phi) is 4.69. The van der Waals surface area contributed by atoms with Gasteiger partial charge in [0.25, 0.3) is 0 Å². The van der Waals surface area contributed by atoms with Crippen LogP contribution in [-0.4, -0.2) is 4.57 Å². The minimum absolute atomic E-state index is 0.434. The molecule has 0 aliphatic rings. The fourth-order valence-electron chi connectivity index (χ4n) is 2.58. The first kappa shape index (κ1) is 16.9. The number of halogens is 1. The summed E-state index contributed by atoms with van der Waals surface area (Å²) in [5.41, 5.74) is 10.3. The van der Waals surface area contributed by atoms with E-state index in [9.17, 15) is 5.26 Å².